The van der Waals surface area contributed by atoms with E-state index in [-0.39, 0.29) is 12.5 Å². The fourth-order valence-electron chi connectivity index (χ4n) is 1.98. The highest BCUT2D eigenvalue weighted by molar-refractivity contribution is 7.09. The summed E-state index contributed by atoms with van der Waals surface area (Å²) >= 11 is 1.60. The molecule has 0 spiro atoms. The molecule has 0 unspecified atom stereocenters. The maximum atomic E-state index is 11.8. The van der Waals surface area contributed by atoms with Gasteiger partial charge in [-0.15, -0.1) is 11.3 Å². The summed E-state index contributed by atoms with van der Waals surface area (Å²) in [7, 11) is 0. The number of aryl methyl sites for hydroxylation is 1. The third-order valence-electron chi connectivity index (χ3n) is 3.18. The van der Waals surface area contributed by atoms with E-state index in [1.165, 1.54) is 0 Å². The van der Waals surface area contributed by atoms with Crippen molar-refractivity contribution in [3.05, 3.63) is 51.5 Å². The zero-order valence-electron chi connectivity index (χ0n) is 12.1. The molecule has 0 saturated heterocycles. The normalized spacial score (nSPS) is 10.6. The number of carbonyl (C=O) groups is 1. The van der Waals surface area contributed by atoms with E-state index in [2.05, 4.69) is 17.2 Å². The van der Waals surface area contributed by atoms with Gasteiger partial charge in [0.2, 0.25) is 5.91 Å². The molecular formula is C16H20N2O2S. The van der Waals surface area contributed by atoms with Crippen LogP contribution in [0.25, 0.3) is 0 Å². The number of aliphatic hydroxyl groups excluding tert-OH is 1. The van der Waals surface area contributed by atoms with E-state index >= 15 is 0 Å². The van der Waals surface area contributed by atoms with Gasteiger partial charge < -0.3 is 10.4 Å². The Morgan fingerprint density at radius 3 is 2.62 bits per heavy atom. The van der Waals surface area contributed by atoms with Gasteiger partial charge in [0.05, 0.1) is 23.7 Å². The van der Waals surface area contributed by atoms with Gasteiger partial charge in [-0.05, 0) is 24.0 Å². The number of nitrogens with one attached hydrogen (secondary N) is 1. The third kappa shape index (κ3) is 4.95. The Hall–Kier alpha value is -1.72. The molecule has 0 aliphatic rings. The Balaban J connectivity index is 1.73. The summed E-state index contributed by atoms with van der Waals surface area (Å²) in [6.45, 7) is 2.73. The highest BCUT2D eigenvalue weighted by Gasteiger charge is 2.06. The summed E-state index contributed by atoms with van der Waals surface area (Å²) < 4.78 is 0. The van der Waals surface area contributed by atoms with Gasteiger partial charge in [-0.1, -0.05) is 31.2 Å². The molecule has 1 heterocycles. The fraction of sp³-hybridized carbons (Fsp3) is 0.375. The van der Waals surface area contributed by atoms with Crippen molar-refractivity contribution in [2.75, 3.05) is 6.54 Å². The van der Waals surface area contributed by atoms with Crippen molar-refractivity contribution in [1.82, 2.24) is 10.3 Å². The molecule has 0 aliphatic heterocycles. The average molecular weight is 304 g/mol. The molecule has 2 N–H and O–H groups in total. The number of aliphatic hydroxyl groups is 1. The maximum Gasteiger partial charge on any atom is 0.226 e. The Morgan fingerprint density at radius 1 is 1.29 bits per heavy atom. The number of hydrogen-bond donors (Lipinski definition) is 2. The number of carbonyl (C=O) groups excluding carboxylic acids is 1. The number of hydrogen-bond acceptors (Lipinski definition) is 4. The summed E-state index contributed by atoms with van der Waals surface area (Å²) in [5.74, 6) is 0.00920. The number of nitrogens with zero attached hydrogens (tertiary/aromatic N) is 1. The van der Waals surface area contributed by atoms with Crippen LogP contribution >= 0.6 is 11.3 Å². The molecule has 2 aromatic rings. The Labute approximate surface area is 128 Å². The van der Waals surface area contributed by atoms with Crippen LogP contribution in [0.3, 0.4) is 0 Å². The zero-order chi connectivity index (χ0) is 15.1. The lowest BCUT2D eigenvalue weighted by Crippen LogP contribution is -2.27. The summed E-state index contributed by atoms with van der Waals surface area (Å²) in [6, 6.07) is 7.76. The van der Waals surface area contributed by atoms with E-state index in [9.17, 15) is 4.79 Å². The van der Waals surface area contributed by atoms with E-state index in [0.29, 0.717) is 13.0 Å². The van der Waals surface area contributed by atoms with Crippen molar-refractivity contribution in [2.45, 2.75) is 32.8 Å². The van der Waals surface area contributed by atoms with Gasteiger partial charge in [-0.3, -0.25) is 4.79 Å². The van der Waals surface area contributed by atoms with Crippen molar-refractivity contribution >= 4 is 17.2 Å². The first-order chi connectivity index (χ1) is 10.2. The first-order valence-electron chi connectivity index (χ1n) is 7.10. The number of thiazole rings is 1. The number of amides is 1. The summed E-state index contributed by atoms with van der Waals surface area (Å²) in [4.78, 5) is 16.2. The lowest BCUT2D eigenvalue weighted by Gasteiger charge is -2.05. The molecule has 2 rings (SSSR count). The van der Waals surface area contributed by atoms with E-state index < -0.39 is 0 Å². The second-order valence-corrected chi connectivity index (χ2v) is 5.78. The molecule has 0 fully saturated rings. The molecule has 0 radical (unpaired) electrons. The Kier molecular flexibility index (Phi) is 5.90. The van der Waals surface area contributed by atoms with Gasteiger partial charge in [0.15, 0.2) is 0 Å². The highest BCUT2D eigenvalue weighted by Crippen LogP contribution is 2.10. The molecule has 112 valence electrons. The number of benzene rings is 1. The van der Waals surface area contributed by atoms with Crippen molar-refractivity contribution in [2.24, 2.45) is 0 Å². The molecule has 0 atom stereocenters. The van der Waals surface area contributed by atoms with Crippen LogP contribution in [0.5, 0.6) is 0 Å². The predicted octanol–water partition coefficient (Wildman–Crippen LogP) is 2.10. The standard InChI is InChI=1S/C16H20N2O2S/c1-2-16-18-14(11-21-16)9-15(20)17-8-7-12-3-5-13(10-19)6-4-12/h3-6,11,19H,2,7-10H2,1H3,(H,17,20). The van der Waals surface area contributed by atoms with Crippen LogP contribution in [0.15, 0.2) is 29.6 Å². The Morgan fingerprint density at radius 2 is 2.00 bits per heavy atom. The lowest BCUT2D eigenvalue weighted by molar-refractivity contribution is -0.120. The van der Waals surface area contributed by atoms with Crippen LogP contribution in [0.4, 0.5) is 0 Å². The van der Waals surface area contributed by atoms with Crippen LogP contribution in [0, 0.1) is 0 Å². The first kappa shape index (κ1) is 15.7. The van der Waals surface area contributed by atoms with E-state index in [1.807, 2.05) is 29.6 Å². The summed E-state index contributed by atoms with van der Waals surface area (Å²) in [5.41, 5.74) is 2.90. The predicted molar refractivity (Wildman–Crippen MR) is 84.3 cm³/mol. The van der Waals surface area contributed by atoms with Crippen molar-refractivity contribution in [1.29, 1.82) is 0 Å². The minimum atomic E-state index is 0.00920. The largest absolute Gasteiger partial charge is 0.392 e. The lowest BCUT2D eigenvalue weighted by atomic mass is 10.1. The molecule has 1 amide bonds. The number of aromatic nitrogens is 1. The first-order valence-corrected chi connectivity index (χ1v) is 7.98. The molecule has 21 heavy (non-hydrogen) atoms. The highest BCUT2D eigenvalue weighted by atomic mass is 32.1. The van der Waals surface area contributed by atoms with E-state index in [4.69, 9.17) is 5.11 Å². The zero-order valence-corrected chi connectivity index (χ0v) is 12.9. The topological polar surface area (TPSA) is 62.2 Å². The van der Waals surface area contributed by atoms with Gasteiger partial charge in [0.25, 0.3) is 0 Å². The van der Waals surface area contributed by atoms with Crippen LogP contribution in [-0.4, -0.2) is 22.5 Å². The number of rotatable bonds is 7. The fourth-order valence-corrected chi connectivity index (χ4v) is 2.72. The SMILES string of the molecule is CCc1nc(CC(=O)NCCc2ccc(CO)cc2)cs1. The van der Waals surface area contributed by atoms with Crippen LogP contribution in [-0.2, 0) is 30.7 Å². The van der Waals surface area contributed by atoms with Crippen LogP contribution in [0.2, 0.25) is 0 Å². The quantitative estimate of drug-likeness (QED) is 0.823. The molecule has 0 bridgehead atoms. The third-order valence-corrected chi connectivity index (χ3v) is 4.23. The monoisotopic (exact) mass is 304 g/mol. The van der Waals surface area contributed by atoms with Gasteiger partial charge >= 0.3 is 0 Å². The average Bonchev–Trinajstić information content (AvgIpc) is 2.95. The van der Waals surface area contributed by atoms with Gasteiger partial charge in [-0.2, -0.15) is 0 Å². The summed E-state index contributed by atoms with van der Waals surface area (Å²) in [5, 5.41) is 14.9. The van der Waals surface area contributed by atoms with Crippen molar-refractivity contribution < 1.29 is 9.90 Å². The van der Waals surface area contributed by atoms with Crippen molar-refractivity contribution in [3.8, 4) is 0 Å². The molecule has 0 saturated carbocycles. The smallest absolute Gasteiger partial charge is 0.226 e. The summed E-state index contributed by atoms with van der Waals surface area (Å²) in [6.07, 6.45) is 2.05. The second-order valence-electron chi connectivity index (χ2n) is 4.84. The van der Waals surface area contributed by atoms with E-state index in [1.54, 1.807) is 11.3 Å². The minimum absolute atomic E-state index is 0.00920. The second kappa shape index (κ2) is 7.90. The maximum absolute atomic E-state index is 11.8. The molecule has 4 nitrogen and oxygen atoms in total. The van der Waals surface area contributed by atoms with E-state index in [0.717, 1.165) is 34.7 Å². The Bertz CT molecular complexity index is 578. The van der Waals surface area contributed by atoms with Gasteiger partial charge in [0, 0.05) is 11.9 Å². The van der Waals surface area contributed by atoms with Gasteiger partial charge in [0.1, 0.15) is 0 Å². The molecule has 1 aromatic carbocycles. The minimum Gasteiger partial charge on any atom is -0.392 e. The van der Waals surface area contributed by atoms with Crippen molar-refractivity contribution in [3.63, 3.8) is 0 Å². The molecule has 0 aliphatic carbocycles. The van der Waals surface area contributed by atoms with Gasteiger partial charge in [-0.25, -0.2) is 4.98 Å². The molecule has 1 aromatic heterocycles. The van der Waals surface area contributed by atoms with Crippen LogP contribution in [0.1, 0.15) is 28.8 Å². The van der Waals surface area contributed by atoms with Crippen LogP contribution < -0.4 is 5.32 Å². The molecule has 5 heteroatoms. The molecular weight excluding hydrogens is 284 g/mol.